The standard InChI is InChI=1S/C10H12N4O2/c1-7-11-9(13-12-7)6-14(2)10(15)8-4-3-5-16-8/h3-5H,6H2,1-2H3,(H,11,12,13). The third-order valence-corrected chi connectivity index (χ3v) is 2.10. The van der Waals surface area contributed by atoms with Crippen LogP contribution in [-0.2, 0) is 6.54 Å². The lowest BCUT2D eigenvalue weighted by Gasteiger charge is -2.12. The van der Waals surface area contributed by atoms with Crippen LogP contribution in [0.5, 0.6) is 0 Å². The molecule has 2 aromatic rings. The lowest BCUT2D eigenvalue weighted by atomic mass is 10.4. The first-order chi connectivity index (χ1) is 7.66. The summed E-state index contributed by atoms with van der Waals surface area (Å²) in [6.45, 7) is 2.16. The zero-order valence-corrected chi connectivity index (χ0v) is 9.10. The summed E-state index contributed by atoms with van der Waals surface area (Å²) in [5.41, 5.74) is 0. The van der Waals surface area contributed by atoms with Gasteiger partial charge in [0.05, 0.1) is 12.8 Å². The van der Waals surface area contributed by atoms with E-state index in [0.717, 1.165) is 5.82 Å². The topological polar surface area (TPSA) is 75.0 Å². The zero-order valence-electron chi connectivity index (χ0n) is 9.10. The van der Waals surface area contributed by atoms with Crippen LogP contribution in [0.2, 0.25) is 0 Å². The van der Waals surface area contributed by atoms with Gasteiger partial charge < -0.3 is 9.32 Å². The molecule has 0 aliphatic rings. The molecule has 0 spiro atoms. The number of amides is 1. The van der Waals surface area contributed by atoms with Crippen LogP contribution < -0.4 is 0 Å². The largest absolute Gasteiger partial charge is 0.459 e. The summed E-state index contributed by atoms with van der Waals surface area (Å²) in [5, 5.41) is 6.68. The molecule has 6 heteroatoms. The second-order valence-corrected chi connectivity index (χ2v) is 3.48. The summed E-state index contributed by atoms with van der Waals surface area (Å²) in [6.07, 6.45) is 1.47. The molecule has 0 aromatic carbocycles. The van der Waals surface area contributed by atoms with Crippen molar-refractivity contribution in [1.82, 2.24) is 20.1 Å². The van der Waals surface area contributed by atoms with Crippen molar-refractivity contribution in [3.63, 3.8) is 0 Å². The quantitative estimate of drug-likeness (QED) is 0.836. The molecule has 0 saturated heterocycles. The van der Waals surface area contributed by atoms with E-state index in [4.69, 9.17) is 4.42 Å². The highest BCUT2D eigenvalue weighted by Gasteiger charge is 2.15. The third kappa shape index (κ3) is 2.10. The Morgan fingerprint density at radius 1 is 1.62 bits per heavy atom. The van der Waals surface area contributed by atoms with Gasteiger partial charge in [0.2, 0.25) is 0 Å². The number of hydrogen-bond acceptors (Lipinski definition) is 4. The Balaban J connectivity index is 2.03. The Morgan fingerprint density at radius 2 is 2.44 bits per heavy atom. The fourth-order valence-electron chi connectivity index (χ4n) is 1.33. The van der Waals surface area contributed by atoms with Crippen LogP contribution in [0, 0.1) is 6.92 Å². The number of nitrogens with zero attached hydrogens (tertiary/aromatic N) is 3. The van der Waals surface area contributed by atoms with Gasteiger partial charge in [-0.15, -0.1) is 0 Å². The maximum absolute atomic E-state index is 11.8. The minimum absolute atomic E-state index is 0.188. The summed E-state index contributed by atoms with van der Waals surface area (Å²) >= 11 is 0. The minimum Gasteiger partial charge on any atom is -0.459 e. The first-order valence-corrected chi connectivity index (χ1v) is 4.83. The molecule has 16 heavy (non-hydrogen) atoms. The number of nitrogens with one attached hydrogen (secondary N) is 1. The molecule has 0 aliphatic carbocycles. The minimum atomic E-state index is -0.188. The van der Waals surface area contributed by atoms with Crippen LogP contribution >= 0.6 is 0 Å². The highest BCUT2D eigenvalue weighted by atomic mass is 16.3. The average Bonchev–Trinajstić information content (AvgIpc) is 2.88. The number of carbonyl (C=O) groups excluding carboxylic acids is 1. The molecular weight excluding hydrogens is 208 g/mol. The zero-order chi connectivity index (χ0) is 11.5. The lowest BCUT2D eigenvalue weighted by Crippen LogP contribution is -2.26. The smallest absolute Gasteiger partial charge is 0.289 e. The van der Waals surface area contributed by atoms with E-state index < -0.39 is 0 Å². The van der Waals surface area contributed by atoms with Gasteiger partial charge in [0.15, 0.2) is 11.6 Å². The normalized spacial score (nSPS) is 10.4. The van der Waals surface area contributed by atoms with Gasteiger partial charge in [0.1, 0.15) is 5.82 Å². The van der Waals surface area contributed by atoms with Crippen LogP contribution in [-0.4, -0.2) is 33.0 Å². The van der Waals surface area contributed by atoms with Crippen molar-refractivity contribution >= 4 is 5.91 Å². The van der Waals surface area contributed by atoms with Gasteiger partial charge in [-0.25, -0.2) is 4.98 Å². The second kappa shape index (κ2) is 4.18. The summed E-state index contributed by atoms with van der Waals surface area (Å²) in [7, 11) is 1.68. The molecule has 0 fully saturated rings. The predicted molar refractivity (Wildman–Crippen MR) is 55.6 cm³/mol. The van der Waals surface area contributed by atoms with Gasteiger partial charge in [0.25, 0.3) is 5.91 Å². The highest BCUT2D eigenvalue weighted by molar-refractivity contribution is 5.91. The maximum atomic E-state index is 11.8. The van der Waals surface area contributed by atoms with Crippen molar-refractivity contribution in [3.8, 4) is 0 Å². The van der Waals surface area contributed by atoms with Crippen LogP contribution in [0.1, 0.15) is 22.2 Å². The SMILES string of the molecule is Cc1nc(CN(C)C(=O)c2ccco2)n[nH]1. The van der Waals surface area contributed by atoms with Gasteiger partial charge in [-0.1, -0.05) is 0 Å². The molecule has 1 N–H and O–H groups in total. The van der Waals surface area contributed by atoms with Crippen LogP contribution in [0.15, 0.2) is 22.8 Å². The van der Waals surface area contributed by atoms with Crippen molar-refractivity contribution in [2.45, 2.75) is 13.5 Å². The Morgan fingerprint density at radius 3 is 3.00 bits per heavy atom. The molecule has 0 bridgehead atoms. The van der Waals surface area contributed by atoms with Gasteiger partial charge in [-0.3, -0.25) is 9.89 Å². The number of rotatable bonds is 3. The molecule has 0 radical (unpaired) electrons. The predicted octanol–water partition coefficient (Wildman–Crippen LogP) is 0.978. The van der Waals surface area contributed by atoms with Gasteiger partial charge in [-0.05, 0) is 19.1 Å². The number of aromatic amines is 1. The number of carbonyl (C=O) groups is 1. The van der Waals surface area contributed by atoms with Crippen molar-refractivity contribution in [1.29, 1.82) is 0 Å². The van der Waals surface area contributed by atoms with Gasteiger partial charge in [-0.2, -0.15) is 5.10 Å². The maximum Gasteiger partial charge on any atom is 0.289 e. The summed E-state index contributed by atoms with van der Waals surface area (Å²) in [4.78, 5) is 17.4. The Hall–Kier alpha value is -2.11. The summed E-state index contributed by atoms with van der Waals surface area (Å²) < 4.78 is 5.02. The molecule has 2 heterocycles. The number of furan rings is 1. The third-order valence-electron chi connectivity index (χ3n) is 2.10. The fraction of sp³-hybridized carbons (Fsp3) is 0.300. The Labute approximate surface area is 92.3 Å². The van der Waals surface area contributed by atoms with E-state index in [9.17, 15) is 4.79 Å². The van der Waals surface area contributed by atoms with Crippen LogP contribution in [0.3, 0.4) is 0 Å². The molecule has 6 nitrogen and oxygen atoms in total. The van der Waals surface area contributed by atoms with Crippen LogP contribution in [0.25, 0.3) is 0 Å². The van der Waals surface area contributed by atoms with E-state index in [1.54, 1.807) is 19.2 Å². The number of H-pyrrole nitrogens is 1. The fourth-order valence-corrected chi connectivity index (χ4v) is 1.33. The van der Waals surface area contributed by atoms with E-state index in [0.29, 0.717) is 18.1 Å². The summed E-state index contributed by atoms with van der Waals surface area (Å²) in [6, 6.07) is 3.31. The molecule has 0 atom stereocenters. The molecule has 1 amide bonds. The number of aromatic nitrogens is 3. The summed E-state index contributed by atoms with van der Waals surface area (Å²) in [5.74, 6) is 1.44. The van der Waals surface area contributed by atoms with E-state index in [-0.39, 0.29) is 5.91 Å². The van der Waals surface area contributed by atoms with Gasteiger partial charge >= 0.3 is 0 Å². The van der Waals surface area contributed by atoms with Gasteiger partial charge in [0, 0.05) is 7.05 Å². The molecule has 0 saturated carbocycles. The van der Waals surface area contributed by atoms with Crippen molar-refractivity contribution in [2.24, 2.45) is 0 Å². The van der Waals surface area contributed by atoms with E-state index in [2.05, 4.69) is 15.2 Å². The number of aryl methyl sites for hydroxylation is 1. The lowest BCUT2D eigenvalue weighted by molar-refractivity contribution is 0.0750. The molecular formula is C10H12N4O2. The van der Waals surface area contributed by atoms with E-state index in [1.165, 1.54) is 11.2 Å². The monoisotopic (exact) mass is 220 g/mol. The Bertz CT molecular complexity index is 475. The van der Waals surface area contributed by atoms with E-state index in [1.807, 2.05) is 6.92 Å². The Kier molecular flexibility index (Phi) is 2.72. The first kappa shape index (κ1) is 10.4. The highest BCUT2D eigenvalue weighted by Crippen LogP contribution is 2.06. The first-order valence-electron chi connectivity index (χ1n) is 4.83. The van der Waals surface area contributed by atoms with Crippen molar-refractivity contribution < 1.29 is 9.21 Å². The molecule has 2 rings (SSSR count). The molecule has 2 aromatic heterocycles. The van der Waals surface area contributed by atoms with Crippen molar-refractivity contribution in [2.75, 3.05) is 7.05 Å². The molecule has 84 valence electrons. The van der Waals surface area contributed by atoms with Crippen molar-refractivity contribution in [3.05, 3.63) is 35.8 Å². The second-order valence-electron chi connectivity index (χ2n) is 3.48. The number of hydrogen-bond donors (Lipinski definition) is 1. The van der Waals surface area contributed by atoms with E-state index >= 15 is 0 Å². The average molecular weight is 220 g/mol. The molecule has 0 aliphatic heterocycles. The molecule has 0 unspecified atom stereocenters. The van der Waals surface area contributed by atoms with Crippen LogP contribution in [0.4, 0.5) is 0 Å².